The summed E-state index contributed by atoms with van der Waals surface area (Å²) in [5, 5.41) is 14.0. The summed E-state index contributed by atoms with van der Waals surface area (Å²) in [6, 6.07) is 12.8. The summed E-state index contributed by atoms with van der Waals surface area (Å²) >= 11 is 0. The van der Waals surface area contributed by atoms with E-state index >= 15 is 0 Å². The highest BCUT2D eigenvalue weighted by atomic mass is 32.2. The number of benzene rings is 2. The SMILES string of the molecule is CC(C)(C)OC(=O)N[C@@H](Cc1ccccc1)[C@H](O)CN(OC1CCCC1)S(=O)(=O)c1ccc2c(c1)OCO2. The number of fused-ring (bicyclic) bond motifs is 1. The smallest absolute Gasteiger partial charge is 0.407 e. The van der Waals surface area contributed by atoms with Crippen molar-refractivity contribution < 1.29 is 37.4 Å². The topological polar surface area (TPSA) is 124 Å². The van der Waals surface area contributed by atoms with Gasteiger partial charge in [0, 0.05) is 6.07 Å². The first-order valence-electron chi connectivity index (χ1n) is 12.8. The van der Waals surface area contributed by atoms with Gasteiger partial charge in [0.1, 0.15) is 5.60 Å². The Kier molecular flexibility index (Phi) is 8.81. The molecule has 1 aliphatic heterocycles. The van der Waals surface area contributed by atoms with Gasteiger partial charge in [-0.15, -0.1) is 0 Å². The lowest BCUT2D eigenvalue weighted by Crippen LogP contribution is -2.51. The molecule has 0 spiro atoms. The normalized spacial score (nSPS) is 17.4. The number of aliphatic hydroxyl groups is 1. The number of alkyl carbamates (subject to hydrolysis) is 1. The Morgan fingerprint density at radius 3 is 2.47 bits per heavy atom. The average molecular weight is 549 g/mol. The molecule has 2 N–H and O–H groups in total. The summed E-state index contributed by atoms with van der Waals surface area (Å²) in [5.74, 6) is 0.776. The summed E-state index contributed by atoms with van der Waals surface area (Å²) < 4.78 is 44.4. The highest BCUT2D eigenvalue weighted by Crippen LogP contribution is 2.35. The van der Waals surface area contributed by atoms with Crippen LogP contribution in [0.25, 0.3) is 0 Å². The van der Waals surface area contributed by atoms with Crippen LogP contribution in [0.2, 0.25) is 0 Å². The van der Waals surface area contributed by atoms with Crippen LogP contribution in [0.4, 0.5) is 4.79 Å². The van der Waals surface area contributed by atoms with E-state index in [4.69, 9.17) is 19.0 Å². The molecule has 4 rings (SSSR count). The molecule has 11 heteroatoms. The molecule has 2 aromatic rings. The Bertz CT molecular complexity index is 1190. The molecule has 1 heterocycles. The number of aliphatic hydroxyl groups excluding tert-OH is 1. The standard InChI is InChI=1S/C27H36N2O8S/c1-27(2,3)36-26(31)28-22(15-19-9-5-4-6-10-19)23(30)17-29(37-20-11-7-8-12-20)38(32,33)21-13-14-24-25(16-21)35-18-34-24/h4-6,9-10,13-14,16,20,22-23,30H,7-8,11-12,15,17-18H2,1-3H3,(H,28,31)/t22-,23+/m0/s1. The predicted molar refractivity (Wildman–Crippen MR) is 139 cm³/mol. The van der Waals surface area contributed by atoms with Crippen molar-refractivity contribution in [1.29, 1.82) is 0 Å². The first kappa shape index (κ1) is 28.2. The van der Waals surface area contributed by atoms with Gasteiger partial charge in [0.25, 0.3) is 10.0 Å². The quantitative estimate of drug-likeness (QED) is 0.430. The molecule has 0 aromatic heterocycles. The fraction of sp³-hybridized carbons (Fsp3) is 0.519. The van der Waals surface area contributed by atoms with E-state index in [-0.39, 0.29) is 24.2 Å². The third kappa shape index (κ3) is 7.37. The Hall–Kier alpha value is -2.86. The molecule has 0 saturated heterocycles. The molecule has 1 aliphatic carbocycles. The molecule has 10 nitrogen and oxygen atoms in total. The minimum Gasteiger partial charge on any atom is -0.454 e. The van der Waals surface area contributed by atoms with Gasteiger partial charge in [0.05, 0.1) is 29.7 Å². The van der Waals surface area contributed by atoms with E-state index < -0.39 is 40.4 Å². The van der Waals surface area contributed by atoms with Gasteiger partial charge >= 0.3 is 6.09 Å². The lowest BCUT2D eigenvalue weighted by atomic mass is 10.0. The summed E-state index contributed by atoms with van der Waals surface area (Å²) in [5.41, 5.74) is 0.113. The van der Waals surface area contributed by atoms with Crippen molar-refractivity contribution in [2.24, 2.45) is 0 Å². The van der Waals surface area contributed by atoms with Crippen LogP contribution in [0.5, 0.6) is 11.5 Å². The van der Waals surface area contributed by atoms with Crippen LogP contribution < -0.4 is 14.8 Å². The second-order valence-electron chi connectivity index (χ2n) is 10.5. The van der Waals surface area contributed by atoms with E-state index in [1.54, 1.807) is 20.8 Å². The molecule has 2 aliphatic rings. The molecule has 0 unspecified atom stereocenters. The minimum atomic E-state index is -4.20. The van der Waals surface area contributed by atoms with Crippen molar-refractivity contribution in [2.75, 3.05) is 13.3 Å². The van der Waals surface area contributed by atoms with Crippen LogP contribution in [0.1, 0.15) is 52.0 Å². The fourth-order valence-electron chi connectivity index (χ4n) is 4.40. The number of nitrogens with zero attached hydrogens (tertiary/aromatic N) is 1. The summed E-state index contributed by atoms with van der Waals surface area (Å²) in [6.45, 7) is 4.83. The third-order valence-corrected chi connectivity index (χ3v) is 7.90. The number of carbonyl (C=O) groups excluding carboxylic acids is 1. The molecule has 1 saturated carbocycles. The molecule has 1 amide bonds. The molecule has 0 bridgehead atoms. The van der Waals surface area contributed by atoms with Gasteiger partial charge in [-0.2, -0.15) is 0 Å². The van der Waals surface area contributed by atoms with E-state index in [1.165, 1.54) is 18.2 Å². The fourth-order valence-corrected chi connectivity index (χ4v) is 5.72. The molecule has 2 atom stereocenters. The van der Waals surface area contributed by atoms with Crippen LogP contribution in [0.15, 0.2) is 53.4 Å². The highest BCUT2D eigenvalue weighted by Gasteiger charge is 2.35. The number of carbonyl (C=O) groups is 1. The van der Waals surface area contributed by atoms with Gasteiger partial charge in [-0.1, -0.05) is 47.6 Å². The van der Waals surface area contributed by atoms with Crippen LogP contribution in [0.3, 0.4) is 0 Å². The van der Waals surface area contributed by atoms with E-state index in [0.717, 1.165) is 22.9 Å². The Balaban J connectivity index is 1.58. The number of nitrogens with one attached hydrogen (secondary N) is 1. The number of hydrogen-bond acceptors (Lipinski definition) is 8. The number of hydrogen-bond donors (Lipinski definition) is 2. The average Bonchev–Trinajstić information content (AvgIpc) is 3.54. The number of hydroxylamine groups is 1. The van der Waals surface area contributed by atoms with Crippen molar-refractivity contribution in [3.05, 3.63) is 54.1 Å². The van der Waals surface area contributed by atoms with Crippen molar-refractivity contribution in [2.45, 2.75) is 81.6 Å². The second-order valence-corrected chi connectivity index (χ2v) is 12.4. The molecule has 2 aromatic carbocycles. The van der Waals surface area contributed by atoms with Crippen LogP contribution in [-0.4, -0.2) is 61.3 Å². The number of ether oxygens (including phenoxy) is 3. The van der Waals surface area contributed by atoms with Crippen LogP contribution >= 0.6 is 0 Å². The van der Waals surface area contributed by atoms with E-state index in [1.807, 2.05) is 30.3 Å². The maximum atomic E-state index is 13.7. The first-order chi connectivity index (χ1) is 18.0. The molecular weight excluding hydrogens is 512 g/mol. The van der Waals surface area contributed by atoms with Gasteiger partial charge in [0.15, 0.2) is 11.5 Å². The minimum absolute atomic E-state index is 0.0112. The van der Waals surface area contributed by atoms with Crippen molar-refractivity contribution in [3.8, 4) is 11.5 Å². The Morgan fingerprint density at radius 1 is 1.11 bits per heavy atom. The largest absolute Gasteiger partial charge is 0.454 e. The van der Waals surface area contributed by atoms with E-state index in [9.17, 15) is 18.3 Å². The van der Waals surface area contributed by atoms with Crippen molar-refractivity contribution >= 4 is 16.1 Å². The van der Waals surface area contributed by atoms with E-state index in [2.05, 4.69) is 5.32 Å². The lowest BCUT2D eigenvalue weighted by Gasteiger charge is -2.31. The summed E-state index contributed by atoms with van der Waals surface area (Å²) in [6.07, 6.45) is 1.23. The van der Waals surface area contributed by atoms with Gasteiger partial charge in [-0.25, -0.2) is 13.2 Å². The molecule has 38 heavy (non-hydrogen) atoms. The number of amides is 1. The second kappa shape index (κ2) is 11.9. The van der Waals surface area contributed by atoms with Crippen molar-refractivity contribution in [3.63, 3.8) is 0 Å². The number of sulfonamides is 1. The lowest BCUT2D eigenvalue weighted by molar-refractivity contribution is -0.145. The number of rotatable bonds is 10. The van der Waals surface area contributed by atoms with Crippen LogP contribution in [0, 0.1) is 0 Å². The van der Waals surface area contributed by atoms with Crippen LogP contribution in [-0.2, 0) is 26.0 Å². The van der Waals surface area contributed by atoms with E-state index in [0.29, 0.717) is 24.3 Å². The first-order valence-corrected chi connectivity index (χ1v) is 14.3. The maximum Gasteiger partial charge on any atom is 0.407 e. The summed E-state index contributed by atoms with van der Waals surface area (Å²) in [7, 11) is -4.20. The highest BCUT2D eigenvalue weighted by molar-refractivity contribution is 7.89. The zero-order valence-electron chi connectivity index (χ0n) is 22.0. The van der Waals surface area contributed by atoms with Crippen molar-refractivity contribution in [1.82, 2.24) is 9.79 Å². The maximum absolute atomic E-state index is 13.7. The Morgan fingerprint density at radius 2 is 1.79 bits per heavy atom. The molecule has 1 fully saturated rings. The monoisotopic (exact) mass is 548 g/mol. The van der Waals surface area contributed by atoms with Gasteiger partial charge in [0.2, 0.25) is 6.79 Å². The third-order valence-electron chi connectivity index (χ3n) is 6.28. The van der Waals surface area contributed by atoms with Gasteiger partial charge in [-0.05, 0) is 57.7 Å². The zero-order chi connectivity index (χ0) is 27.3. The zero-order valence-corrected chi connectivity index (χ0v) is 22.8. The van der Waals surface area contributed by atoms with Gasteiger partial charge < -0.3 is 24.6 Å². The predicted octanol–water partition coefficient (Wildman–Crippen LogP) is 3.78. The molecular formula is C27H36N2O8S. The van der Waals surface area contributed by atoms with Gasteiger partial charge in [-0.3, -0.25) is 4.84 Å². The molecule has 208 valence electrons. The molecule has 0 radical (unpaired) electrons. The Labute approximate surface area is 223 Å². The summed E-state index contributed by atoms with van der Waals surface area (Å²) in [4.78, 5) is 18.5.